The van der Waals surface area contributed by atoms with Gasteiger partial charge in [-0.1, -0.05) is 13.8 Å². The summed E-state index contributed by atoms with van der Waals surface area (Å²) >= 11 is 0. The number of nitrogens with zero attached hydrogens (tertiary/aromatic N) is 2. The lowest BCUT2D eigenvalue weighted by Crippen LogP contribution is -2.24. The number of hydrogen-bond donors (Lipinski definition) is 3. The molecule has 0 spiro atoms. The van der Waals surface area contributed by atoms with Crippen molar-refractivity contribution in [2.75, 3.05) is 30.4 Å². The Morgan fingerprint density at radius 2 is 2.00 bits per heavy atom. The average Bonchev–Trinajstić information content (AvgIpc) is 2.54. The maximum absolute atomic E-state index is 10.9. The Morgan fingerprint density at radius 1 is 1.37 bits per heavy atom. The minimum absolute atomic E-state index is 0.272. The number of anilines is 2. The third-order valence-electron chi connectivity index (χ3n) is 2.67. The summed E-state index contributed by atoms with van der Waals surface area (Å²) in [6, 6.07) is 0. The van der Waals surface area contributed by atoms with Crippen LogP contribution in [0.15, 0.2) is 0 Å². The summed E-state index contributed by atoms with van der Waals surface area (Å²) in [4.78, 5) is 0. The van der Waals surface area contributed by atoms with E-state index in [-0.39, 0.29) is 5.92 Å². The van der Waals surface area contributed by atoms with Gasteiger partial charge in [0.05, 0.1) is 17.6 Å². The van der Waals surface area contributed by atoms with Gasteiger partial charge in [-0.25, -0.2) is 13.1 Å². The Bertz CT molecular complexity index is 521. The van der Waals surface area contributed by atoms with Crippen LogP contribution in [-0.4, -0.2) is 37.5 Å². The number of sulfonamides is 1. The second kappa shape index (κ2) is 6.25. The van der Waals surface area contributed by atoms with Gasteiger partial charge in [0.2, 0.25) is 10.0 Å². The molecule has 110 valence electrons. The van der Waals surface area contributed by atoms with Gasteiger partial charge >= 0.3 is 0 Å². The highest BCUT2D eigenvalue weighted by Crippen LogP contribution is 2.27. The smallest absolute Gasteiger partial charge is 0.208 e. The lowest BCUT2D eigenvalue weighted by molar-refractivity contribution is 0.586. The van der Waals surface area contributed by atoms with E-state index in [0.29, 0.717) is 25.2 Å². The molecule has 1 rings (SSSR count). The van der Waals surface area contributed by atoms with Gasteiger partial charge in [-0.2, -0.15) is 5.10 Å². The third kappa shape index (κ3) is 4.71. The molecule has 0 unspecified atom stereocenters. The van der Waals surface area contributed by atoms with Crippen molar-refractivity contribution in [3.8, 4) is 0 Å². The van der Waals surface area contributed by atoms with Gasteiger partial charge in [0.1, 0.15) is 5.82 Å². The van der Waals surface area contributed by atoms with Crippen LogP contribution in [-0.2, 0) is 17.1 Å². The van der Waals surface area contributed by atoms with Crippen LogP contribution in [0.25, 0.3) is 0 Å². The van der Waals surface area contributed by atoms with Crippen LogP contribution in [0.3, 0.4) is 0 Å². The molecule has 1 heterocycles. The molecule has 19 heavy (non-hydrogen) atoms. The summed E-state index contributed by atoms with van der Waals surface area (Å²) in [6.07, 6.45) is 1.82. The third-order valence-corrected chi connectivity index (χ3v) is 3.40. The average molecular weight is 289 g/mol. The first-order valence-electron chi connectivity index (χ1n) is 6.23. The van der Waals surface area contributed by atoms with Crippen LogP contribution in [0.5, 0.6) is 0 Å². The first-order chi connectivity index (χ1) is 8.72. The van der Waals surface area contributed by atoms with E-state index in [9.17, 15) is 8.42 Å². The Balaban J connectivity index is 2.50. The first-order valence-corrected chi connectivity index (χ1v) is 8.12. The van der Waals surface area contributed by atoms with Crippen LogP contribution < -0.4 is 15.8 Å². The Labute approximate surface area is 114 Å². The second-order valence-electron chi connectivity index (χ2n) is 4.87. The van der Waals surface area contributed by atoms with E-state index < -0.39 is 10.0 Å². The number of aryl methyl sites for hydroxylation is 1. The van der Waals surface area contributed by atoms with Crippen molar-refractivity contribution < 1.29 is 8.42 Å². The molecule has 1 aromatic rings. The van der Waals surface area contributed by atoms with E-state index in [0.717, 1.165) is 17.8 Å². The molecule has 0 saturated heterocycles. The van der Waals surface area contributed by atoms with Crippen LogP contribution in [0.2, 0.25) is 0 Å². The summed E-state index contributed by atoms with van der Waals surface area (Å²) in [6.45, 7) is 5.11. The molecular weight excluding hydrogens is 266 g/mol. The number of rotatable bonds is 7. The van der Waals surface area contributed by atoms with Crippen molar-refractivity contribution in [2.24, 2.45) is 7.05 Å². The van der Waals surface area contributed by atoms with Crippen molar-refractivity contribution in [3.63, 3.8) is 0 Å². The molecule has 0 aliphatic carbocycles. The lowest BCUT2D eigenvalue weighted by atomic mass is 10.1. The Hall–Kier alpha value is -1.28. The van der Waals surface area contributed by atoms with Crippen LogP contribution in [0.4, 0.5) is 11.5 Å². The molecule has 0 aromatic carbocycles. The topological polar surface area (TPSA) is 102 Å². The molecule has 0 saturated carbocycles. The summed E-state index contributed by atoms with van der Waals surface area (Å²) in [5, 5.41) is 7.55. The number of hydrogen-bond acceptors (Lipinski definition) is 5. The largest absolute Gasteiger partial charge is 0.394 e. The Kier molecular flexibility index (Phi) is 5.19. The fourth-order valence-electron chi connectivity index (χ4n) is 1.75. The van der Waals surface area contributed by atoms with Gasteiger partial charge in [-0.3, -0.25) is 4.68 Å². The molecule has 1 aromatic heterocycles. The standard InChI is InChI=1S/C11H23N5O2S/c1-8(2)10-9(12)11(16(3)15-10)13-6-5-7-14-19(4,17)18/h8,13-14H,5-7,12H2,1-4H3. The van der Waals surface area contributed by atoms with Crippen molar-refractivity contribution in [1.82, 2.24) is 14.5 Å². The predicted molar refractivity (Wildman–Crippen MR) is 77.7 cm³/mol. The zero-order valence-electron chi connectivity index (χ0n) is 11.9. The molecule has 0 amide bonds. The highest BCUT2D eigenvalue weighted by Gasteiger charge is 2.15. The van der Waals surface area contributed by atoms with E-state index in [1.165, 1.54) is 0 Å². The van der Waals surface area contributed by atoms with Crippen molar-refractivity contribution >= 4 is 21.5 Å². The van der Waals surface area contributed by atoms with E-state index in [2.05, 4.69) is 15.1 Å². The quantitative estimate of drug-likeness (QED) is 0.634. The summed E-state index contributed by atoms with van der Waals surface area (Å²) in [5.41, 5.74) is 7.57. The maximum Gasteiger partial charge on any atom is 0.208 e. The summed E-state index contributed by atoms with van der Waals surface area (Å²) < 4.78 is 25.9. The van der Waals surface area contributed by atoms with Crippen LogP contribution >= 0.6 is 0 Å². The lowest BCUT2D eigenvalue weighted by Gasteiger charge is -2.08. The van der Waals surface area contributed by atoms with Gasteiger partial charge in [0, 0.05) is 20.1 Å². The molecule has 4 N–H and O–H groups in total. The fraction of sp³-hybridized carbons (Fsp3) is 0.727. The highest BCUT2D eigenvalue weighted by molar-refractivity contribution is 7.88. The number of nitrogens with one attached hydrogen (secondary N) is 2. The first kappa shape index (κ1) is 15.8. The molecule has 0 bridgehead atoms. The molecule has 0 radical (unpaired) electrons. The van der Waals surface area contributed by atoms with Gasteiger partial charge in [0.15, 0.2) is 0 Å². The zero-order chi connectivity index (χ0) is 14.6. The summed E-state index contributed by atoms with van der Waals surface area (Å²) in [5.74, 6) is 1.05. The van der Waals surface area contributed by atoms with E-state index in [1.54, 1.807) is 4.68 Å². The number of nitrogens with two attached hydrogens (primary N) is 1. The molecule has 0 aliphatic rings. The molecule has 0 fully saturated rings. The van der Waals surface area contributed by atoms with Gasteiger partial charge in [-0.05, 0) is 12.3 Å². The van der Waals surface area contributed by atoms with E-state index in [4.69, 9.17) is 5.73 Å². The summed E-state index contributed by atoms with van der Waals surface area (Å²) in [7, 11) is -1.28. The van der Waals surface area contributed by atoms with E-state index in [1.807, 2.05) is 20.9 Å². The maximum atomic E-state index is 10.9. The Morgan fingerprint density at radius 3 is 2.47 bits per heavy atom. The second-order valence-corrected chi connectivity index (χ2v) is 6.71. The van der Waals surface area contributed by atoms with Gasteiger partial charge in [0.25, 0.3) is 0 Å². The molecule has 0 aliphatic heterocycles. The highest BCUT2D eigenvalue weighted by atomic mass is 32.2. The van der Waals surface area contributed by atoms with Crippen molar-refractivity contribution in [3.05, 3.63) is 5.69 Å². The molecule has 8 heteroatoms. The monoisotopic (exact) mass is 289 g/mol. The number of aromatic nitrogens is 2. The minimum atomic E-state index is -3.11. The molecule has 0 atom stereocenters. The molecular formula is C11H23N5O2S. The fourth-order valence-corrected chi connectivity index (χ4v) is 2.27. The number of nitrogen functional groups attached to an aromatic ring is 1. The van der Waals surface area contributed by atoms with Crippen molar-refractivity contribution in [1.29, 1.82) is 0 Å². The van der Waals surface area contributed by atoms with Gasteiger partial charge < -0.3 is 11.1 Å². The predicted octanol–water partition coefficient (Wildman–Crippen LogP) is 0.477. The zero-order valence-corrected chi connectivity index (χ0v) is 12.7. The van der Waals surface area contributed by atoms with Crippen LogP contribution in [0.1, 0.15) is 31.9 Å². The normalized spacial score (nSPS) is 12.1. The van der Waals surface area contributed by atoms with E-state index >= 15 is 0 Å². The minimum Gasteiger partial charge on any atom is -0.394 e. The van der Waals surface area contributed by atoms with Crippen molar-refractivity contribution in [2.45, 2.75) is 26.2 Å². The SMILES string of the molecule is CC(C)c1nn(C)c(NCCCNS(C)(=O)=O)c1N. The van der Waals surface area contributed by atoms with Crippen LogP contribution in [0, 0.1) is 0 Å². The van der Waals surface area contributed by atoms with Gasteiger partial charge in [-0.15, -0.1) is 0 Å². The molecule has 7 nitrogen and oxygen atoms in total.